The van der Waals surface area contributed by atoms with Crippen LogP contribution in [0.4, 0.5) is 4.39 Å². The molecule has 0 aliphatic carbocycles. The molecule has 0 aliphatic rings. The lowest BCUT2D eigenvalue weighted by Gasteiger charge is -2.10. The van der Waals surface area contributed by atoms with Gasteiger partial charge in [0.1, 0.15) is 5.02 Å². The molecule has 0 bridgehead atoms. The summed E-state index contributed by atoms with van der Waals surface area (Å²) in [7, 11) is 2.60. The van der Waals surface area contributed by atoms with Crippen molar-refractivity contribution in [3.63, 3.8) is 0 Å². The monoisotopic (exact) mass is 219 g/mol. The first-order valence-corrected chi connectivity index (χ1v) is 3.95. The zero-order chi connectivity index (χ0) is 10.7. The van der Waals surface area contributed by atoms with E-state index in [9.17, 15) is 9.18 Å². The average molecular weight is 220 g/mol. The van der Waals surface area contributed by atoms with Crippen molar-refractivity contribution < 1.29 is 18.7 Å². The van der Waals surface area contributed by atoms with E-state index >= 15 is 0 Å². The molecule has 0 aromatic carbocycles. The Morgan fingerprint density at radius 1 is 1.36 bits per heavy atom. The summed E-state index contributed by atoms with van der Waals surface area (Å²) in [6.45, 7) is 0. The fourth-order valence-electron chi connectivity index (χ4n) is 0.975. The number of carbonyl (C=O) groups is 1. The number of carbonyl (C=O) groups excluding carboxylic acids is 1. The molecule has 0 N–H and O–H groups in total. The molecule has 0 amide bonds. The smallest absolute Gasteiger partial charge is 0.236 e. The van der Waals surface area contributed by atoms with E-state index in [-0.39, 0.29) is 22.2 Å². The second-order valence-corrected chi connectivity index (χ2v) is 2.66. The minimum absolute atomic E-state index is 0.0221. The molecule has 0 radical (unpaired) electrons. The van der Waals surface area contributed by atoms with Gasteiger partial charge < -0.3 is 9.47 Å². The quantitative estimate of drug-likeness (QED) is 0.574. The number of ether oxygens (including phenoxy) is 2. The highest BCUT2D eigenvalue weighted by Gasteiger charge is 2.19. The van der Waals surface area contributed by atoms with Gasteiger partial charge in [-0.3, -0.25) is 4.79 Å². The summed E-state index contributed by atoms with van der Waals surface area (Å²) in [6.07, 6.45) is 0.362. The summed E-state index contributed by atoms with van der Waals surface area (Å²) >= 11 is 5.55. The summed E-state index contributed by atoms with van der Waals surface area (Å²) in [5.74, 6) is -0.982. The molecule has 0 saturated carbocycles. The Morgan fingerprint density at radius 3 is 2.36 bits per heavy atom. The third-order valence-corrected chi connectivity index (χ3v) is 1.89. The minimum atomic E-state index is -0.966. The molecule has 0 spiro atoms. The second-order valence-electron chi connectivity index (χ2n) is 2.29. The van der Waals surface area contributed by atoms with Crippen LogP contribution in [0.3, 0.4) is 0 Å². The molecule has 0 aliphatic heterocycles. The van der Waals surface area contributed by atoms with Crippen molar-refractivity contribution in [3.05, 3.63) is 16.7 Å². The first-order valence-electron chi connectivity index (χ1n) is 3.57. The number of methoxy groups -OCH3 is 2. The van der Waals surface area contributed by atoms with Crippen molar-refractivity contribution in [2.75, 3.05) is 14.2 Å². The van der Waals surface area contributed by atoms with E-state index in [4.69, 9.17) is 21.1 Å². The van der Waals surface area contributed by atoms with Crippen molar-refractivity contribution in [3.8, 4) is 11.5 Å². The molecular formula is C8H7ClFNO3. The maximum Gasteiger partial charge on any atom is 0.236 e. The predicted molar refractivity (Wildman–Crippen MR) is 47.7 cm³/mol. The van der Waals surface area contributed by atoms with Gasteiger partial charge in [0, 0.05) is 0 Å². The minimum Gasteiger partial charge on any atom is -0.491 e. The summed E-state index contributed by atoms with van der Waals surface area (Å²) in [6, 6.07) is 0. The van der Waals surface area contributed by atoms with Gasteiger partial charge >= 0.3 is 0 Å². The average Bonchev–Trinajstić information content (AvgIpc) is 2.20. The number of aldehydes is 1. The van der Waals surface area contributed by atoms with Crippen LogP contribution in [0.25, 0.3) is 0 Å². The zero-order valence-corrected chi connectivity index (χ0v) is 8.26. The Morgan fingerprint density at radius 2 is 1.93 bits per heavy atom. The number of hydrogen-bond acceptors (Lipinski definition) is 4. The van der Waals surface area contributed by atoms with Crippen molar-refractivity contribution >= 4 is 17.9 Å². The van der Waals surface area contributed by atoms with Crippen LogP contribution in [0.5, 0.6) is 11.5 Å². The van der Waals surface area contributed by atoms with Gasteiger partial charge in [0.2, 0.25) is 5.95 Å². The van der Waals surface area contributed by atoms with E-state index in [0.717, 1.165) is 0 Å². The van der Waals surface area contributed by atoms with Crippen LogP contribution in [0.15, 0.2) is 0 Å². The molecule has 1 aromatic rings. The van der Waals surface area contributed by atoms with E-state index in [1.54, 1.807) is 0 Å². The molecule has 1 rings (SSSR count). The Bertz CT molecular complexity index is 370. The highest BCUT2D eigenvalue weighted by Crippen LogP contribution is 2.37. The topological polar surface area (TPSA) is 48.4 Å². The number of hydrogen-bond donors (Lipinski definition) is 0. The molecule has 1 aromatic heterocycles. The van der Waals surface area contributed by atoms with Gasteiger partial charge in [0.15, 0.2) is 23.5 Å². The normalized spacial score (nSPS) is 9.71. The van der Waals surface area contributed by atoms with E-state index in [2.05, 4.69) is 4.98 Å². The van der Waals surface area contributed by atoms with Gasteiger partial charge in [0.25, 0.3) is 0 Å². The van der Waals surface area contributed by atoms with Crippen LogP contribution in [0.2, 0.25) is 5.02 Å². The van der Waals surface area contributed by atoms with Crippen LogP contribution in [-0.2, 0) is 0 Å². The van der Waals surface area contributed by atoms with E-state index < -0.39 is 5.95 Å². The van der Waals surface area contributed by atoms with E-state index in [1.807, 2.05) is 0 Å². The van der Waals surface area contributed by atoms with Gasteiger partial charge in [-0.1, -0.05) is 11.6 Å². The van der Waals surface area contributed by atoms with Crippen molar-refractivity contribution in [1.29, 1.82) is 0 Å². The first kappa shape index (κ1) is 10.7. The molecule has 14 heavy (non-hydrogen) atoms. The van der Waals surface area contributed by atoms with Crippen molar-refractivity contribution in [1.82, 2.24) is 4.98 Å². The first-order chi connectivity index (χ1) is 6.65. The van der Waals surface area contributed by atoms with E-state index in [0.29, 0.717) is 6.29 Å². The molecule has 1 heterocycles. The van der Waals surface area contributed by atoms with Crippen LogP contribution in [0, 0.1) is 5.95 Å². The largest absolute Gasteiger partial charge is 0.491 e. The van der Waals surface area contributed by atoms with Gasteiger partial charge in [-0.15, -0.1) is 0 Å². The Hall–Kier alpha value is -1.36. The maximum absolute atomic E-state index is 13.0. The van der Waals surface area contributed by atoms with Crippen molar-refractivity contribution in [2.24, 2.45) is 0 Å². The molecule has 6 heteroatoms. The number of halogens is 2. The molecule has 4 nitrogen and oxygen atoms in total. The fourth-order valence-corrected chi connectivity index (χ4v) is 1.18. The lowest BCUT2D eigenvalue weighted by Crippen LogP contribution is -2.01. The summed E-state index contributed by atoms with van der Waals surface area (Å²) < 4.78 is 22.6. The Labute approximate surface area is 84.6 Å². The lowest BCUT2D eigenvalue weighted by atomic mass is 10.3. The van der Waals surface area contributed by atoms with Crippen LogP contribution in [0.1, 0.15) is 10.5 Å². The molecule has 0 fully saturated rings. The number of aromatic nitrogens is 1. The van der Waals surface area contributed by atoms with Gasteiger partial charge in [-0.05, 0) is 0 Å². The SMILES string of the molecule is COc1c(C=O)nc(F)c(Cl)c1OC. The number of pyridine rings is 1. The van der Waals surface area contributed by atoms with Crippen LogP contribution in [-0.4, -0.2) is 25.5 Å². The lowest BCUT2D eigenvalue weighted by molar-refractivity contribution is 0.111. The molecular weight excluding hydrogens is 213 g/mol. The second kappa shape index (κ2) is 4.23. The summed E-state index contributed by atoms with van der Waals surface area (Å²) in [5.41, 5.74) is -0.189. The number of nitrogens with zero attached hydrogens (tertiary/aromatic N) is 1. The zero-order valence-electron chi connectivity index (χ0n) is 7.51. The van der Waals surface area contributed by atoms with Gasteiger partial charge in [-0.25, -0.2) is 4.98 Å². The molecule has 0 unspecified atom stereocenters. The summed E-state index contributed by atoms with van der Waals surface area (Å²) in [4.78, 5) is 13.8. The molecule has 0 saturated heterocycles. The Balaban J connectivity index is 3.49. The third-order valence-electron chi connectivity index (χ3n) is 1.56. The summed E-state index contributed by atoms with van der Waals surface area (Å²) in [5, 5.41) is -0.310. The highest BCUT2D eigenvalue weighted by atomic mass is 35.5. The maximum atomic E-state index is 13.0. The van der Waals surface area contributed by atoms with E-state index in [1.165, 1.54) is 14.2 Å². The van der Waals surface area contributed by atoms with Crippen LogP contribution < -0.4 is 9.47 Å². The van der Waals surface area contributed by atoms with Gasteiger partial charge in [0.05, 0.1) is 14.2 Å². The fraction of sp³-hybridized carbons (Fsp3) is 0.250. The predicted octanol–water partition coefficient (Wildman–Crippen LogP) is 1.70. The third kappa shape index (κ3) is 1.63. The van der Waals surface area contributed by atoms with Crippen molar-refractivity contribution in [2.45, 2.75) is 0 Å². The standard InChI is InChI=1S/C8H7ClFNO3/c1-13-6-4(3-12)11-8(10)5(9)7(6)14-2/h3H,1-2H3. The Kier molecular flexibility index (Phi) is 3.24. The van der Waals surface area contributed by atoms with Gasteiger partial charge in [-0.2, -0.15) is 4.39 Å². The molecule has 0 atom stereocenters. The number of rotatable bonds is 3. The molecule has 76 valence electrons. The highest BCUT2D eigenvalue weighted by molar-refractivity contribution is 6.32. The van der Waals surface area contributed by atoms with Crippen LogP contribution >= 0.6 is 11.6 Å².